The first-order chi connectivity index (χ1) is 12.1. The number of nitrogens with zero attached hydrogens (tertiary/aromatic N) is 1. The minimum absolute atomic E-state index is 0.0957. The smallest absolute Gasteiger partial charge is 0.226 e. The van der Waals surface area contributed by atoms with Crippen LogP contribution in [0.1, 0.15) is 11.3 Å². The SMILES string of the molecule is O=C(Cc1cccc(-c2cccc(F)c2)n1)NCc1cccc(F)c1. The Morgan fingerprint density at radius 3 is 2.40 bits per heavy atom. The predicted molar refractivity (Wildman–Crippen MR) is 91.6 cm³/mol. The second kappa shape index (κ2) is 7.66. The number of amides is 1. The molecule has 0 aliphatic rings. The summed E-state index contributed by atoms with van der Waals surface area (Å²) < 4.78 is 26.5. The van der Waals surface area contributed by atoms with Gasteiger partial charge in [0.05, 0.1) is 17.8 Å². The largest absolute Gasteiger partial charge is 0.352 e. The van der Waals surface area contributed by atoms with Crippen molar-refractivity contribution in [1.82, 2.24) is 10.3 Å². The van der Waals surface area contributed by atoms with Crippen LogP contribution >= 0.6 is 0 Å². The highest BCUT2D eigenvalue weighted by Crippen LogP contribution is 2.18. The normalized spacial score (nSPS) is 10.5. The zero-order valence-corrected chi connectivity index (χ0v) is 13.4. The number of rotatable bonds is 5. The van der Waals surface area contributed by atoms with E-state index in [4.69, 9.17) is 0 Å². The van der Waals surface area contributed by atoms with E-state index in [1.54, 1.807) is 42.5 Å². The molecule has 0 saturated carbocycles. The lowest BCUT2D eigenvalue weighted by Crippen LogP contribution is -2.25. The summed E-state index contributed by atoms with van der Waals surface area (Å²) in [6.07, 6.45) is 0.0957. The number of hydrogen-bond donors (Lipinski definition) is 1. The van der Waals surface area contributed by atoms with E-state index >= 15 is 0 Å². The van der Waals surface area contributed by atoms with E-state index in [1.165, 1.54) is 24.3 Å². The van der Waals surface area contributed by atoms with Crippen LogP contribution in [0.3, 0.4) is 0 Å². The summed E-state index contributed by atoms with van der Waals surface area (Å²) in [7, 11) is 0. The number of hydrogen-bond acceptors (Lipinski definition) is 2. The molecule has 126 valence electrons. The zero-order valence-electron chi connectivity index (χ0n) is 13.4. The summed E-state index contributed by atoms with van der Waals surface area (Å²) in [6.45, 7) is 0.250. The fourth-order valence-corrected chi connectivity index (χ4v) is 2.46. The molecule has 0 spiro atoms. The Kier molecular flexibility index (Phi) is 5.14. The first-order valence-electron chi connectivity index (χ1n) is 7.83. The molecule has 0 unspecified atom stereocenters. The Labute approximate surface area is 144 Å². The van der Waals surface area contributed by atoms with E-state index in [9.17, 15) is 13.6 Å². The maximum Gasteiger partial charge on any atom is 0.226 e. The first kappa shape index (κ1) is 16.8. The number of benzene rings is 2. The lowest BCUT2D eigenvalue weighted by atomic mass is 10.1. The van der Waals surface area contributed by atoms with Gasteiger partial charge >= 0.3 is 0 Å². The third kappa shape index (κ3) is 4.70. The number of halogens is 2. The third-order valence-electron chi connectivity index (χ3n) is 3.65. The Morgan fingerprint density at radius 1 is 0.920 bits per heavy atom. The molecule has 0 bridgehead atoms. The number of carbonyl (C=O) groups excluding carboxylic acids is 1. The Morgan fingerprint density at radius 2 is 1.64 bits per heavy atom. The van der Waals surface area contributed by atoms with Gasteiger partial charge in [0.25, 0.3) is 0 Å². The molecular weight excluding hydrogens is 322 g/mol. The van der Waals surface area contributed by atoms with Gasteiger partial charge in [-0.15, -0.1) is 0 Å². The van der Waals surface area contributed by atoms with Gasteiger partial charge in [0.1, 0.15) is 11.6 Å². The van der Waals surface area contributed by atoms with Gasteiger partial charge < -0.3 is 5.32 Å². The van der Waals surface area contributed by atoms with E-state index in [0.717, 1.165) is 0 Å². The average Bonchev–Trinajstić information content (AvgIpc) is 2.60. The molecule has 0 fully saturated rings. The summed E-state index contributed by atoms with van der Waals surface area (Å²) in [6, 6.07) is 17.5. The standard InChI is InChI=1S/C20H16F2N2O/c21-16-6-1-4-14(10-16)13-23-20(25)12-18-8-3-9-19(24-18)15-5-2-7-17(22)11-15/h1-11H,12-13H2,(H,23,25). The zero-order chi connectivity index (χ0) is 17.6. The second-order valence-corrected chi connectivity index (χ2v) is 5.61. The fourth-order valence-electron chi connectivity index (χ4n) is 2.46. The average molecular weight is 338 g/mol. The van der Waals surface area contributed by atoms with Crippen molar-refractivity contribution in [3.8, 4) is 11.3 Å². The van der Waals surface area contributed by atoms with E-state index in [-0.39, 0.29) is 30.5 Å². The van der Waals surface area contributed by atoms with Crippen LogP contribution in [0.4, 0.5) is 8.78 Å². The molecule has 0 saturated heterocycles. The van der Waals surface area contributed by atoms with E-state index in [1.807, 2.05) is 0 Å². The number of nitrogens with one attached hydrogen (secondary N) is 1. The lowest BCUT2D eigenvalue weighted by Gasteiger charge is -2.07. The van der Waals surface area contributed by atoms with Gasteiger partial charge in [-0.05, 0) is 42.0 Å². The molecule has 2 aromatic carbocycles. The molecule has 3 rings (SSSR count). The van der Waals surface area contributed by atoms with Crippen molar-refractivity contribution < 1.29 is 13.6 Å². The van der Waals surface area contributed by atoms with Crippen LogP contribution in [0.5, 0.6) is 0 Å². The maximum atomic E-state index is 13.3. The summed E-state index contributed by atoms with van der Waals surface area (Å²) in [5.41, 5.74) is 2.53. The van der Waals surface area contributed by atoms with E-state index in [0.29, 0.717) is 22.5 Å². The van der Waals surface area contributed by atoms with Crippen molar-refractivity contribution >= 4 is 5.91 Å². The van der Waals surface area contributed by atoms with Crippen LogP contribution in [0.15, 0.2) is 66.7 Å². The van der Waals surface area contributed by atoms with Gasteiger partial charge in [0.2, 0.25) is 5.91 Å². The number of carbonyl (C=O) groups is 1. The van der Waals surface area contributed by atoms with Gasteiger partial charge in [-0.2, -0.15) is 0 Å². The van der Waals surface area contributed by atoms with Gasteiger partial charge in [-0.3, -0.25) is 9.78 Å². The monoisotopic (exact) mass is 338 g/mol. The minimum atomic E-state index is -0.337. The number of pyridine rings is 1. The summed E-state index contributed by atoms with van der Waals surface area (Å²) in [5, 5.41) is 2.74. The van der Waals surface area contributed by atoms with Crippen LogP contribution in [-0.4, -0.2) is 10.9 Å². The fraction of sp³-hybridized carbons (Fsp3) is 0.100. The van der Waals surface area contributed by atoms with E-state index < -0.39 is 0 Å². The van der Waals surface area contributed by atoms with Gasteiger partial charge in [-0.25, -0.2) is 8.78 Å². The van der Waals surface area contributed by atoms with Crippen molar-refractivity contribution in [1.29, 1.82) is 0 Å². The first-order valence-corrected chi connectivity index (χ1v) is 7.83. The minimum Gasteiger partial charge on any atom is -0.352 e. The summed E-state index contributed by atoms with van der Waals surface area (Å²) in [5.74, 6) is -0.887. The van der Waals surface area contributed by atoms with Gasteiger partial charge in [0, 0.05) is 12.1 Å². The molecule has 0 atom stereocenters. The van der Waals surface area contributed by atoms with Crippen molar-refractivity contribution in [2.45, 2.75) is 13.0 Å². The Hall–Kier alpha value is -3.08. The quantitative estimate of drug-likeness (QED) is 0.767. The van der Waals surface area contributed by atoms with Crippen molar-refractivity contribution in [3.05, 3.63) is 89.6 Å². The van der Waals surface area contributed by atoms with Crippen LogP contribution in [-0.2, 0) is 17.8 Å². The Bertz CT molecular complexity index is 896. The molecule has 3 aromatic rings. The van der Waals surface area contributed by atoms with Crippen molar-refractivity contribution in [2.75, 3.05) is 0 Å². The van der Waals surface area contributed by atoms with Crippen molar-refractivity contribution in [3.63, 3.8) is 0 Å². The van der Waals surface area contributed by atoms with Gasteiger partial charge in [-0.1, -0.05) is 30.3 Å². The highest BCUT2D eigenvalue weighted by molar-refractivity contribution is 5.78. The molecule has 25 heavy (non-hydrogen) atoms. The van der Waals surface area contributed by atoms with Gasteiger partial charge in [0.15, 0.2) is 0 Å². The lowest BCUT2D eigenvalue weighted by molar-refractivity contribution is -0.120. The maximum absolute atomic E-state index is 13.3. The molecule has 1 aromatic heterocycles. The highest BCUT2D eigenvalue weighted by Gasteiger charge is 2.07. The Balaban J connectivity index is 1.64. The van der Waals surface area contributed by atoms with Crippen LogP contribution in [0.25, 0.3) is 11.3 Å². The molecule has 0 aliphatic heterocycles. The van der Waals surface area contributed by atoms with Crippen LogP contribution in [0.2, 0.25) is 0 Å². The highest BCUT2D eigenvalue weighted by atomic mass is 19.1. The molecule has 1 heterocycles. The molecule has 0 radical (unpaired) electrons. The molecular formula is C20H16F2N2O. The summed E-state index contributed by atoms with van der Waals surface area (Å²) in [4.78, 5) is 16.5. The number of aromatic nitrogens is 1. The summed E-state index contributed by atoms with van der Waals surface area (Å²) >= 11 is 0. The second-order valence-electron chi connectivity index (χ2n) is 5.61. The topological polar surface area (TPSA) is 42.0 Å². The molecule has 1 amide bonds. The van der Waals surface area contributed by atoms with Crippen LogP contribution < -0.4 is 5.32 Å². The molecule has 0 aliphatic carbocycles. The third-order valence-corrected chi connectivity index (χ3v) is 3.65. The van der Waals surface area contributed by atoms with Crippen molar-refractivity contribution in [2.24, 2.45) is 0 Å². The predicted octanol–water partition coefficient (Wildman–Crippen LogP) is 3.89. The molecule has 5 heteroatoms. The molecule has 1 N–H and O–H groups in total. The van der Waals surface area contributed by atoms with Crippen LogP contribution in [0, 0.1) is 11.6 Å². The van der Waals surface area contributed by atoms with E-state index in [2.05, 4.69) is 10.3 Å². The molecule has 3 nitrogen and oxygen atoms in total.